The lowest BCUT2D eigenvalue weighted by atomic mass is 10.1. The Balaban J connectivity index is 0.00000225. The molecule has 0 amide bonds. The molecule has 5 nitrogen and oxygen atoms in total. The van der Waals surface area contributed by atoms with Gasteiger partial charge >= 0.3 is 0 Å². The predicted octanol–water partition coefficient (Wildman–Crippen LogP) is 4.29. The first-order valence-corrected chi connectivity index (χ1v) is 8.62. The van der Waals surface area contributed by atoms with E-state index in [-0.39, 0.29) is 24.0 Å². The van der Waals surface area contributed by atoms with E-state index in [1.165, 1.54) is 5.56 Å². The lowest BCUT2D eigenvalue weighted by Crippen LogP contribution is -2.38. The fraction of sp³-hybridized carbons (Fsp3) is 0.444. The number of nitrogens with zero attached hydrogens (tertiary/aromatic N) is 2. The second-order valence-electron chi connectivity index (χ2n) is 6.45. The normalized spacial score (nSPS) is 19.5. The smallest absolute Gasteiger partial charge is 0.191 e. The third-order valence-electron chi connectivity index (χ3n) is 4.21. The molecule has 1 heterocycles. The van der Waals surface area contributed by atoms with Crippen molar-refractivity contribution < 1.29 is 4.52 Å². The number of hydrogen-bond donors (Lipinski definition) is 2. The first kappa shape index (κ1) is 20.0. The zero-order chi connectivity index (χ0) is 17.1. The van der Waals surface area contributed by atoms with Crippen LogP contribution < -0.4 is 10.6 Å². The Morgan fingerprint density at radius 1 is 1.40 bits per heavy atom. The van der Waals surface area contributed by atoms with Gasteiger partial charge in [0.05, 0.1) is 12.2 Å². The van der Waals surface area contributed by atoms with Crippen LogP contribution in [0.15, 0.2) is 39.8 Å². The van der Waals surface area contributed by atoms with Crippen molar-refractivity contribution in [2.75, 3.05) is 7.05 Å². The second kappa shape index (κ2) is 8.89. The van der Waals surface area contributed by atoms with Gasteiger partial charge in [0.1, 0.15) is 0 Å². The number of aromatic nitrogens is 1. The molecule has 0 aliphatic heterocycles. The largest absolute Gasteiger partial charge is 0.359 e. The maximum Gasteiger partial charge on any atom is 0.191 e. The Morgan fingerprint density at radius 2 is 2.20 bits per heavy atom. The van der Waals surface area contributed by atoms with Crippen molar-refractivity contribution in [1.29, 1.82) is 0 Å². The molecule has 2 N–H and O–H groups in total. The van der Waals surface area contributed by atoms with Crippen LogP contribution in [0.1, 0.15) is 49.1 Å². The standard InChI is InChI=1S/C18H23ClN4O.HI/c1-11(2)16-8-14(24-23-16)10-21-18(20-3)22-17-9-15(17)12-5-4-6-13(19)7-12;/h4-8,11,15,17H,9-10H2,1-3H3,(H2,20,21,22);1H. The number of aliphatic imine (C=N–C) groups is 1. The van der Waals surface area contributed by atoms with E-state index in [0.29, 0.717) is 24.4 Å². The molecule has 2 atom stereocenters. The van der Waals surface area contributed by atoms with Crippen LogP contribution in [0, 0.1) is 0 Å². The topological polar surface area (TPSA) is 62.5 Å². The molecule has 2 unspecified atom stereocenters. The minimum Gasteiger partial charge on any atom is -0.359 e. The molecule has 1 aliphatic rings. The Bertz CT molecular complexity index is 731. The maximum atomic E-state index is 6.07. The van der Waals surface area contributed by atoms with E-state index in [0.717, 1.165) is 28.9 Å². The van der Waals surface area contributed by atoms with E-state index in [2.05, 4.69) is 40.7 Å². The molecule has 0 bridgehead atoms. The summed E-state index contributed by atoms with van der Waals surface area (Å²) in [6, 6.07) is 10.4. The van der Waals surface area contributed by atoms with Crippen LogP contribution in [-0.2, 0) is 6.54 Å². The van der Waals surface area contributed by atoms with Crippen molar-refractivity contribution in [1.82, 2.24) is 15.8 Å². The number of guanidine groups is 1. The van der Waals surface area contributed by atoms with Crippen molar-refractivity contribution in [2.24, 2.45) is 4.99 Å². The van der Waals surface area contributed by atoms with Gasteiger partial charge in [0.15, 0.2) is 11.7 Å². The van der Waals surface area contributed by atoms with Gasteiger partial charge < -0.3 is 15.2 Å². The first-order chi connectivity index (χ1) is 11.6. The SMILES string of the molecule is CN=C(NCc1cc(C(C)C)no1)NC1CC1c1cccc(Cl)c1.I. The second-order valence-corrected chi connectivity index (χ2v) is 6.88. The summed E-state index contributed by atoms with van der Waals surface area (Å²) in [4.78, 5) is 4.28. The molecule has 1 saturated carbocycles. The third kappa shape index (κ3) is 5.34. The lowest BCUT2D eigenvalue weighted by Gasteiger charge is -2.10. The van der Waals surface area contributed by atoms with Crippen LogP contribution in [0.2, 0.25) is 5.02 Å². The molecule has 0 radical (unpaired) electrons. The molecule has 1 aromatic heterocycles. The highest BCUT2D eigenvalue weighted by atomic mass is 127. The summed E-state index contributed by atoms with van der Waals surface area (Å²) in [7, 11) is 1.77. The van der Waals surface area contributed by atoms with Gasteiger partial charge in [-0.2, -0.15) is 0 Å². The molecular weight excluding hydrogens is 451 g/mol. The molecule has 136 valence electrons. The number of halogens is 2. The van der Waals surface area contributed by atoms with Gasteiger partial charge in [0.2, 0.25) is 0 Å². The van der Waals surface area contributed by atoms with Gasteiger partial charge in [0.25, 0.3) is 0 Å². The van der Waals surface area contributed by atoms with Gasteiger partial charge in [-0.05, 0) is 30.0 Å². The average Bonchev–Trinajstić information content (AvgIpc) is 3.16. The lowest BCUT2D eigenvalue weighted by molar-refractivity contribution is 0.372. The highest BCUT2D eigenvalue weighted by molar-refractivity contribution is 14.0. The van der Waals surface area contributed by atoms with E-state index < -0.39 is 0 Å². The summed E-state index contributed by atoms with van der Waals surface area (Å²) in [6.45, 7) is 4.76. The molecule has 25 heavy (non-hydrogen) atoms. The minimum atomic E-state index is 0. The summed E-state index contributed by atoms with van der Waals surface area (Å²) in [6.07, 6.45) is 1.08. The number of benzene rings is 1. The molecule has 0 saturated heterocycles. The number of rotatable bonds is 5. The van der Waals surface area contributed by atoms with Gasteiger partial charge in [-0.1, -0.05) is 42.7 Å². The molecule has 1 fully saturated rings. The van der Waals surface area contributed by atoms with Crippen LogP contribution in [-0.4, -0.2) is 24.2 Å². The van der Waals surface area contributed by atoms with Crippen molar-refractivity contribution in [3.05, 3.63) is 52.4 Å². The molecular formula is C18H24ClIN4O. The van der Waals surface area contributed by atoms with Crippen LogP contribution in [0.5, 0.6) is 0 Å². The maximum absolute atomic E-state index is 6.07. The Labute approximate surface area is 170 Å². The fourth-order valence-electron chi connectivity index (χ4n) is 2.69. The Morgan fingerprint density at radius 3 is 2.84 bits per heavy atom. The zero-order valence-corrected chi connectivity index (χ0v) is 17.7. The summed E-state index contributed by atoms with van der Waals surface area (Å²) >= 11 is 6.07. The fourth-order valence-corrected chi connectivity index (χ4v) is 2.88. The van der Waals surface area contributed by atoms with Crippen molar-refractivity contribution in [2.45, 2.75) is 44.7 Å². The van der Waals surface area contributed by atoms with Crippen LogP contribution in [0.4, 0.5) is 0 Å². The van der Waals surface area contributed by atoms with Crippen LogP contribution in [0.25, 0.3) is 0 Å². The summed E-state index contributed by atoms with van der Waals surface area (Å²) < 4.78 is 5.34. The molecule has 0 spiro atoms. The molecule has 1 aliphatic carbocycles. The summed E-state index contributed by atoms with van der Waals surface area (Å²) in [5, 5.41) is 11.6. The van der Waals surface area contributed by atoms with Crippen LogP contribution >= 0.6 is 35.6 Å². The van der Waals surface area contributed by atoms with Crippen molar-refractivity contribution in [3.63, 3.8) is 0 Å². The van der Waals surface area contributed by atoms with Gasteiger partial charge in [-0.15, -0.1) is 24.0 Å². The van der Waals surface area contributed by atoms with Crippen molar-refractivity contribution >= 4 is 41.5 Å². The van der Waals surface area contributed by atoms with Gasteiger partial charge in [0, 0.05) is 30.1 Å². The third-order valence-corrected chi connectivity index (χ3v) is 4.45. The van der Waals surface area contributed by atoms with Crippen LogP contribution in [0.3, 0.4) is 0 Å². The molecule has 7 heteroatoms. The van der Waals surface area contributed by atoms with E-state index in [4.69, 9.17) is 16.1 Å². The molecule has 3 rings (SSSR count). The van der Waals surface area contributed by atoms with E-state index in [9.17, 15) is 0 Å². The molecule has 2 aromatic rings. The highest BCUT2D eigenvalue weighted by Crippen LogP contribution is 2.41. The summed E-state index contributed by atoms with van der Waals surface area (Å²) in [5.74, 6) is 2.43. The highest BCUT2D eigenvalue weighted by Gasteiger charge is 2.39. The van der Waals surface area contributed by atoms with Gasteiger partial charge in [-0.3, -0.25) is 4.99 Å². The monoisotopic (exact) mass is 474 g/mol. The zero-order valence-electron chi connectivity index (χ0n) is 14.6. The summed E-state index contributed by atoms with van der Waals surface area (Å²) in [5.41, 5.74) is 2.24. The van der Waals surface area contributed by atoms with E-state index in [1.807, 2.05) is 24.3 Å². The quantitative estimate of drug-likeness (QED) is 0.385. The minimum absolute atomic E-state index is 0. The Kier molecular flexibility index (Phi) is 7.13. The first-order valence-electron chi connectivity index (χ1n) is 8.25. The average molecular weight is 475 g/mol. The predicted molar refractivity (Wildman–Crippen MR) is 112 cm³/mol. The Hall–Kier alpha value is -1.28. The van der Waals surface area contributed by atoms with Gasteiger partial charge in [-0.25, -0.2) is 0 Å². The molecule has 1 aromatic carbocycles. The van der Waals surface area contributed by atoms with E-state index in [1.54, 1.807) is 7.05 Å². The number of hydrogen-bond acceptors (Lipinski definition) is 3. The van der Waals surface area contributed by atoms with Crippen molar-refractivity contribution in [3.8, 4) is 0 Å². The number of nitrogens with one attached hydrogen (secondary N) is 2. The van der Waals surface area contributed by atoms with E-state index >= 15 is 0 Å².